The average molecular weight is 404 g/mol. The minimum Gasteiger partial charge on any atom is -0.493 e. The standard InChI is InChI=1S/C21H22ClNO5/c1-25-18-10-13(11-19(26-2)21(18)27-3)4-7-20(24)23-16-8-9-28-17-6-5-14(22)12-15(16)17/h4-7,10-12,16H,8-9H2,1-3H3,(H,23,24)/b7-4+. The quantitative estimate of drug-likeness (QED) is 0.738. The van der Waals surface area contributed by atoms with E-state index in [9.17, 15) is 4.79 Å². The lowest BCUT2D eigenvalue weighted by atomic mass is 10.0. The first-order chi connectivity index (χ1) is 13.5. The van der Waals surface area contributed by atoms with Crippen LogP contribution in [0.2, 0.25) is 5.02 Å². The van der Waals surface area contributed by atoms with Crippen molar-refractivity contribution in [2.45, 2.75) is 12.5 Å². The van der Waals surface area contributed by atoms with Crippen LogP contribution in [0.4, 0.5) is 0 Å². The fourth-order valence-corrected chi connectivity index (χ4v) is 3.29. The second-order valence-corrected chi connectivity index (χ2v) is 6.61. The molecular weight excluding hydrogens is 382 g/mol. The Kier molecular flexibility index (Phi) is 6.31. The summed E-state index contributed by atoms with van der Waals surface area (Å²) in [6, 6.07) is 8.81. The van der Waals surface area contributed by atoms with Crippen molar-refractivity contribution < 1.29 is 23.7 Å². The molecule has 0 bridgehead atoms. The number of carbonyl (C=O) groups excluding carboxylic acids is 1. The Morgan fingerprint density at radius 1 is 1.14 bits per heavy atom. The molecule has 0 aliphatic carbocycles. The minimum atomic E-state index is -0.216. The van der Waals surface area contributed by atoms with Crippen molar-refractivity contribution in [3.05, 3.63) is 52.6 Å². The zero-order valence-corrected chi connectivity index (χ0v) is 16.7. The van der Waals surface area contributed by atoms with E-state index in [0.717, 1.165) is 16.9 Å². The van der Waals surface area contributed by atoms with E-state index in [2.05, 4.69) is 5.32 Å². The number of hydrogen-bond acceptors (Lipinski definition) is 5. The summed E-state index contributed by atoms with van der Waals surface area (Å²) in [5.41, 5.74) is 1.63. The van der Waals surface area contributed by atoms with Crippen LogP contribution < -0.4 is 24.3 Å². The van der Waals surface area contributed by atoms with Gasteiger partial charge in [0.15, 0.2) is 11.5 Å². The smallest absolute Gasteiger partial charge is 0.244 e. The molecule has 28 heavy (non-hydrogen) atoms. The second kappa shape index (κ2) is 8.89. The number of ether oxygens (including phenoxy) is 4. The van der Waals surface area contributed by atoms with Gasteiger partial charge in [0.25, 0.3) is 0 Å². The maximum absolute atomic E-state index is 12.5. The lowest BCUT2D eigenvalue weighted by molar-refractivity contribution is -0.117. The summed E-state index contributed by atoms with van der Waals surface area (Å²) in [6.07, 6.45) is 3.84. The Balaban J connectivity index is 1.76. The van der Waals surface area contributed by atoms with Crippen LogP contribution in [0.25, 0.3) is 6.08 Å². The van der Waals surface area contributed by atoms with Crippen LogP contribution in [0.5, 0.6) is 23.0 Å². The summed E-state index contributed by atoms with van der Waals surface area (Å²) in [6.45, 7) is 0.538. The molecule has 0 saturated heterocycles. The molecule has 1 N–H and O–H groups in total. The summed E-state index contributed by atoms with van der Waals surface area (Å²) in [5.74, 6) is 2.08. The van der Waals surface area contributed by atoms with Crippen molar-refractivity contribution >= 4 is 23.6 Å². The van der Waals surface area contributed by atoms with Crippen molar-refractivity contribution in [2.75, 3.05) is 27.9 Å². The first-order valence-corrected chi connectivity index (χ1v) is 9.14. The Labute approximate surface area is 169 Å². The van der Waals surface area contributed by atoms with E-state index >= 15 is 0 Å². The number of nitrogens with one attached hydrogen (secondary N) is 1. The molecule has 6 nitrogen and oxygen atoms in total. The Hall–Kier alpha value is -2.86. The second-order valence-electron chi connectivity index (χ2n) is 6.17. The third-order valence-corrected chi connectivity index (χ3v) is 4.68. The highest BCUT2D eigenvalue weighted by molar-refractivity contribution is 6.30. The van der Waals surface area contributed by atoms with Gasteiger partial charge in [-0.3, -0.25) is 4.79 Å². The molecule has 2 aromatic carbocycles. The van der Waals surface area contributed by atoms with Crippen molar-refractivity contribution in [1.82, 2.24) is 5.32 Å². The van der Waals surface area contributed by atoms with E-state index in [-0.39, 0.29) is 11.9 Å². The molecule has 0 fully saturated rings. The average Bonchev–Trinajstić information content (AvgIpc) is 2.71. The fraction of sp³-hybridized carbons (Fsp3) is 0.286. The third kappa shape index (κ3) is 4.34. The van der Waals surface area contributed by atoms with E-state index in [1.165, 1.54) is 6.08 Å². The minimum absolute atomic E-state index is 0.153. The normalized spacial score (nSPS) is 15.5. The molecule has 1 atom stereocenters. The maximum atomic E-state index is 12.5. The SMILES string of the molecule is COc1cc(/C=C/C(=O)NC2CCOc3ccc(Cl)cc32)cc(OC)c1OC. The Bertz CT molecular complexity index is 871. The van der Waals surface area contributed by atoms with Crippen molar-refractivity contribution in [2.24, 2.45) is 0 Å². The zero-order valence-electron chi connectivity index (χ0n) is 16.0. The monoisotopic (exact) mass is 403 g/mol. The van der Waals surface area contributed by atoms with Crippen molar-refractivity contribution in [1.29, 1.82) is 0 Å². The Morgan fingerprint density at radius 2 is 1.86 bits per heavy atom. The summed E-state index contributed by atoms with van der Waals surface area (Å²) in [7, 11) is 4.64. The molecule has 0 radical (unpaired) electrons. The number of benzene rings is 2. The first-order valence-electron chi connectivity index (χ1n) is 8.76. The van der Waals surface area contributed by atoms with Crippen LogP contribution in [0, 0.1) is 0 Å². The van der Waals surface area contributed by atoms with Gasteiger partial charge in [-0.25, -0.2) is 0 Å². The number of amides is 1. The van der Waals surface area contributed by atoms with Crippen molar-refractivity contribution in [3.63, 3.8) is 0 Å². The van der Waals surface area contributed by atoms with Gasteiger partial charge in [-0.15, -0.1) is 0 Å². The molecule has 1 unspecified atom stereocenters. The molecule has 1 amide bonds. The molecule has 2 aromatic rings. The summed E-state index contributed by atoms with van der Waals surface area (Å²) < 4.78 is 21.6. The molecule has 1 aliphatic heterocycles. The Morgan fingerprint density at radius 3 is 2.50 bits per heavy atom. The van der Waals surface area contributed by atoms with Crippen LogP contribution in [0.3, 0.4) is 0 Å². The highest BCUT2D eigenvalue weighted by atomic mass is 35.5. The number of fused-ring (bicyclic) bond motifs is 1. The van der Waals surface area contributed by atoms with Crippen LogP contribution in [0.15, 0.2) is 36.4 Å². The van der Waals surface area contributed by atoms with Gasteiger partial charge in [0.05, 0.1) is 34.0 Å². The zero-order chi connectivity index (χ0) is 20.1. The molecule has 0 saturated carbocycles. The number of hydrogen-bond donors (Lipinski definition) is 1. The fourth-order valence-electron chi connectivity index (χ4n) is 3.10. The van der Waals surface area contributed by atoms with Gasteiger partial charge in [-0.2, -0.15) is 0 Å². The molecule has 3 rings (SSSR count). The molecule has 148 valence electrons. The van der Waals surface area contributed by atoms with Gasteiger partial charge in [-0.1, -0.05) is 11.6 Å². The van der Waals surface area contributed by atoms with Gasteiger partial charge in [0.1, 0.15) is 5.75 Å². The first kappa shape index (κ1) is 19.9. The number of methoxy groups -OCH3 is 3. The van der Waals surface area contributed by atoms with Crippen LogP contribution in [-0.2, 0) is 4.79 Å². The summed E-state index contributed by atoms with van der Waals surface area (Å²) in [4.78, 5) is 12.5. The van der Waals surface area contributed by atoms with Crippen LogP contribution in [0.1, 0.15) is 23.6 Å². The highest BCUT2D eigenvalue weighted by Crippen LogP contribution is 2.38. The van der Waals surface area contributed by atoms with E-state index < -0.39 is 0 Å². The predicted molar refractivity (Wildman–Crippen MR) is 108 cm³/mol. The summed E-state index contributed by atoms with van der Waals surface area (Å²) in [5, 5.41) is 3.61. The predicted octanol–water partition coefficient (Wildman–Crippen LogP) is 4.02. The number of carbonyl (C=O) groups is 1. The number of halogens is 1. The van der Waals surface area contributed by atoms with Gasteiger partial charge in [-0.05, 0) is 42.0 Å². The van der Waals surface area contributed by atoms with E-state index in [1.54, 1.807) is 45.6 Å². The van der Waals surface area contributed by atoms with Crippen LogP contribution in [-0.4, -0.2) is 33.8 Å². The van der Waals surface area contributed by atoms with Crippen LogP contribution >= 0.6 is 11.6 Å². The molecule has 7 heteroatoms. The molecule has 1 aliphatic rings. The summed E-state index contributed by atoms with van der Waals surface area (Å²) >= 11 is 6.09. The van der Waals surface area contributed by atoms with E-state index in [4.69, 9.17) is 30.5 Å². The van der Waals surface area contributed by atoms with Gasteiger partial charge < -0.3 is 24.3 Å². The lowest BCUT2D eigenvalue weighted by Crippen LogP contribution is -2.30. The number of rotatable bonds is 6. The topological polar surface area (TPSA) is 66.0 Å². The lowest BCUT2D eigenvalue weighted by Gasteiger charge is -2.26. The largest absolute Gasteiger partial charge is 0.493 e. The molecule has 0 spiro atoms. The highest BCUT2D eigenvalue weighted by Gasteiger charge is 2.22. The van der Waals surface area contributed by atoms with Gasteiger partial charge >= 0.3 is 0 Å². The maximum Gasteiger partial charge on any atom is 0.244 e. The third-order valence-electron chi connectivity index (χ3n) is 4.44. The van der Waals surface area contributed by atoms with E-state index in [1.807, 2.05) is 12.1 Å². The van der Waals surface area contributed by atoms with Crippen molar-refractivity contribution in [3.8, 4) is 23.0 Å². The van der Waals surface area contributed by atoms with E-state index in [0.29, 0.717) is 35.3 Å². The molecular formula is C21H22ClNO5. The molecule has 0 aromatic heterocycles. The molecule has 1 heterocycles. The van der Waals surface area contributed by atoms with Gasteiger partial charge in [0, 0.05) is 23.1 Å². The van der Waals surface area contributed by atoms with Gasteiger partial charge in [0.2, 0.25) is 11.7 Å².